The first kappa shape index (κ1) is 47.9. The third-order valence-electron chi connectivity index (χ3n) is 10.9. The molecule has 0 aromatic heterocycles. The van der Waals surface area contributed by atoms with Gasteiger partial charge >= 0.3 is 0 Å². The van der Waals surface area contributed by atoms with E-state index in [1.54, 1.807) is 12.2 Å². The lowest BCUT2D eigenvalue weighted by molar-refractivity contribution is -0.127. The maximum atomic E-state index is 13.4. The first-order valence-electron chi connectivity index (χ1n) is 20.6. The highest BCUT2D eigenvalue weighted by atomic mass is 35.5. The summed E-state index contributed by atoms with van der Waals surface area (Å²) >= 11 is 12.5. The number of carbonyl (C=O) groups is 2. The molecule has 2 heterocycles. The maximum Gasteiger partial charge on any atom is 0.199 e. The molecule has 6 nitrogen and oxygen atoms in total. The molecular weight excluding hydrogens is 787 g/mol. The van der Waals surface area contributed by atoms with Gasteiger partial charge in [-0.3, -0.25) is 9.59 Å². The van der Waals surface area contributed by atoms with Gasteiger partial charge in [-0.05, 0) is 86.8 Å². The van der Waals surface area contributed by atoms with Gasteiger partial charge in [0.15, 0.2) is 23.8 Å². The molecule has 0 fully saturated rings. The van der Waals surface area contributed by atoms with Crippen molar-refractivity contribution in [3.63, 3.8) is 0 Å². The van der Waals surface area contributed by atoms with Crippen LogP contribution in [0, 0.1) is 10.8 Å². The van der Waals surface area contributed by atoms with Crippen LogP contribution in [0.2, 0.25) is 0 Å². The van der Waals surface area contributed by atoms with Gasteiger partial charge in [-0.25, -0.2) is 0 Å². The van der Waals surface area contributed by atoms with E-state index in [9.17, 15) is 9.59 Å². The molecule has 2 aliphatic carbocycles. The highest BCUT2D eigenvalue weighted by molar-refractivity contribution is 6.31. The molecule has 0 aromatic carbocycles. The molecule has 0 bridgehead atoms. The number of allylic oxidation sites excluding steroid dienone is 23. The standard InChI is InChI=1S/C52H64Cl2N2O4/c1-35(19-15-21-37(3)23-25-45-39(5)49(57)47(29-51(45,7)8)59-43-27-41(53)31-55(11)33-43)17-13-14-18-36(2)20-16-22-38(4)24-26-46-40(6)50(58)48(30-52(46,9)10)60-44-28-42(54)32-56(12)34-44/h13-28,31,34,47-48H,29-30,32-33H2,1-12H3/b14-13+,19-15+,20-16+,25-23+,26-24+,35-17+,36-18+,37-21+,38-22+. The lowest BCUT2D eigenvalue weighted by Gasteiger charge is -2.37. The van der Waals surface area contributed by atoms with Crippen molar-refractivity contribution in [2.75, 3.05) is 27.2 Å². The van der Waals surface area contributed by atoms with E-state index >= 15 is 0 Å². The van der Waals surface area contributed by atoms with Crippen molar-refractivity contribution >= 4 is 34.8 Å². The molecular formula is C52H64Cl2N2O4. The van der Waals surface area contributed by atoms with Crippen molar-refractivity contribution in [3.05, 3.63) is 176 Å². The number of carbonyl (C=O) groups excluding carboxylic acids is 2. The van der Waals surface area contributed by atoms with E-state index < -0.39 is 12.2 Å². The van der Waals surface area contributed by atoms with E-state index in [1.165, 1.54) is 0 Å². The predicted octanol–water partition coefficient (Wildman–Crippen LogP) is 12.8. The summed E-state index contributed by atoms with van der Waals surface area (Å²) in [6, 6.07) is 0. The van der Waals surface area contributed by atoms with Gasteiger partial charge in [0.05, 0.1) is 18.1 Å². The number of Topliss-reactive ketones (excluding diaryl/α,β-unsaturated/α-hetero) is 2. The second-order valence-electron chi connectivity index (χ2n) is 17.7. The highest BCUT2D eigenvalue weighted by Gasteiger charge is 2.40. The Bertz CT molecular complexity index is 2170. The average molecular weight is 852 g/mol. The van der Waals surface area contributed by atoms with Crippen LogP contribution in [0.3, 0.4) is 0 Å². The smallest absolute Gasteiger partial charge is 0.199 e. The van der Waals surface area contributed by atoms with Crippen LogP contribution in [0.5, 0.6) is 0 Å². The highest BCUT2D eigenvalue weighted by Crippen LogP contribution is 2.43. The monoisotopic (exact) mass is 850 g/mol. The van der Waals surface area contributed by atoms with Crippen LogP contribution in [0.15, 0.2) is 176 Å². The summed E-state index contributed by atoms with van der Waals surface area (Å²) in [4.78, 5) is 30.6. The van der Waals surface area contributed by atoms with E-state index in [0.717, 1.165) is 44.6 Å². The van der Waals surface area contributed by atoms with Gasteiger partial charge in [0.1, 0.15) is 11.5 Å². The third kappa shape index (κ3) is 13.9. The van der Waals surface area contributed by atoms with Crippen LogP contribution in [-0.4, -0.2) is 60.8 Å². The van der Waals surface area contributed by atoms with Gasteiger partial charge in [-0.15, -0.1) is 0 Å². The maximum absolute atomic E-state index is 13.4. The zero-order valence-corrected chi connectivity index (χ0v) is 39.2. The van der Waals surface area contributed by atoms with Crippen molar-refractivity contribution in [1.29, 1.82) is 0 Å². The molecule has 0 spiro atoms. The summed E-state index contributed by atoms with van der Waals surface area (Å²) in [5, 5.41) is 1.28. The lowest BCUT2D eigenvalue weighted by atomic mass is 9.71. The molecule has 0 radical (unpaired) electrons. The Morgan fingerprint density at radius 1 is 0.633 bits per heavy atom. The summed E-state index contributed by atoms with van der Waals surface area (Å²) < 4.78 is 12.4. The first-order chi connectivity index (χ1) is 28.1. The number of hydrogen-bond acceptors (Lipinski definition) is 6. The van der Waals surface area contributed by atoms with Crippen LogP contribution in [0.4, 0.5) is 0 Å². The largest absolute Gasteiger partial charge is 0.485 e. The quantitative estimate of drug-likeness (QED) is 0.162. The zero-order valence-electron chi connectivity index (χ0n) is 37.7. The second-order valence-corrected chi connectivity index (χ2v) is 18.6. The molecule has 0 aromatic rings. The molecule has 4 aliphatic rings. The molecule has 0 saturated carbocycles. The fourth-order valence-electron chi connectivity index (χ4n) is 7.72. The molecule has 0 amide bonds. The van der Waals surface area contributed by atoms with Gasteiger partial charge in [-0.2, -0.15) is 0 Å². The molecule has 0 N–H and O–H groups in total. The topological polar surface area (TPSA) is 59.1 Å². The van der Waals surface area contributed by atoms with Crippen molar-refractivity contribution < 1.29 is 19.1 Å². The number of nitrogens with zero attached hydrogens (tertiary/aromatic N) is 2. The predicted molar refractivity (Wildman–Crippen MR) is 252 cm³/mol. The number of rotatable bonds is 14. The lowest BCUT2D eigenvalue weighted by Crippen LogP contribution is -2.38. The summed E-state index contributed by atoms with van der Waals surface area (Å²) in [5.74, 6) is 1.36. The SMILES string of the molecule is CC1=C(/C=C/C(C)=C/C=C/C(C)=C/C=C/C=C(C)/C=C/C=C(C)/C=C/C2=C(C)C(=O)C(OC3=CC(Cl)=CN(C)C3)CC2(C)C)C(C)(C)CC(OC2=CN(C)CC(Cl)=C2)C1=O. The van der Waals surface area contributed by atoms with Crippen molar-refractivity contribution in [2.24, 2.45) is 10.8 Å². The van der Waals surface area contributed by atoms with Crippen molar-refractivity contribution in [3.8, 4) is 0 Å². The van der Waals surface area contributed by atoms with Crippen LogP contribution < -0.4 is 0 Å². The van der Waals surface area contributed by atoms with Crippen LogP contribution in [0.1, 0.15) is 82.1 Å². The van der Waals surface area contributed by atoms with E-state index in [1.807, 2.05) is 74.4 Å². The molecule has 8 heteroatoms. The minimum atomic E-state index is -0.546. The van der Waals surface area contributed by atoms with Crippen molar-refractivity contribution in [2.45, 2.75) is 94.3 Å². The van der Waals surface area contributed by atoms with E-state index in [2.05, 4.69) is 116 Å². The number of hydrogen-bond donors (Lipinski definition) is 0. The average Bonchev–Trinajstić information content (AvgIpc) is 3.13. The molecule has 2 unspecified atom stereocenters. The number of ether oxygens (including phenoxy) is 2. The van der Waals surface area contributed by atoms with Crippen molar-refractivity contribution in [1.82, 2.24) is 9.80 Å². The van der Waals surface area contributed by atoms with Gasteiger partial charge in [-0.1, -0.05) is 158 Å². The number of ketones is 2. The summed E-state index contributed by atoms with van der Waals surface area (Å²) in [6.07, 6.45) is 36.3. The summed E-state index contributed by atoms with van der Waals surface area (Å²) in [5.41, 5.74) is 7.50. The zero-order chi connectivity index (χ0) is 44.4. The van der Waals surface area contributed by atoms with Gasteiger partial charge < -0.3 is 19.3 Å². The Labute approximate surface area is 370 Å². The molecule has 0 saturated heterocycles. The Balaban J connectivity index is 1.29. The molecule has 4 rings (SSSR count). The minimum absolute atomic E-state index is 0.0134. The Morgan fingerprint density at radius 2 is 1.07 bits per heavy atom. The number of likely N-dealkylation sites (N-methyl/N-ethyl adjacent to an activating group) is 2. The van der Waals surface area contributed by atoms with Crippen LogP contribution >= 0.6 is 23.2 Å². The van der Waals surface area contributed by atoms with E-state index in [-0.39, 0.29) is 22.4 Å². The Hall–Kier alpha value is -4.78. The minimum Gasteiger partial charge on any atom is -0.485 e. The van der Waals surface area contributed by atoms with Crippen LogP contribution in [-0.2, 0) is 19.1 Å². The molecule has 60 heavy (non-hydrogen) atoms. The van der Waals surface area contributed by atoms with Gasteiger partial charge in [0.2, 0.25) is 0 Å². The summed E-state index contributed by atoms with van der Waals surface area (Å²) in [7, 11) is 3.86. The van der Waals surface area contributed by atoms with Crippen LogP contribution in [0.25, 0.3) is 0 Å². The Morgan fingerprint density at radius 3 is 1.53 bits per heavy atom. The molecule has 2 aliphatic heterocycles. The molecule has 320 valence electrons. The molecule has 2 atom stereocenters. The van der Waals surface area contributed by atoms with Gasteiger partial charge in [0, 0.05) is 44.4 Å². The summed E-state index contributed by atoms with van der Waals surface area (Å²) in [6.45, 7) is 21.9. The first-order valence-corrected chi connectivity index (χ1v) is 21.4. The van der Waals surface area contributed by atoms with Gasteiger partial charge in [0.25, 0.3) is 0 Å². The van der Waals surface area contributed by atoms with E-state index in [0.29, 0.717) is 47.5 Å². The normalized spacial score (nSPS) is 23.8. The number of halogens is 2. The second kappa shape index (κ2) is 21.1. The van der Waals surface area contributed by atoms with E-state index in [4.69, 9.17) is 32.7 Å². The fourth-order valence-corrected chi connectivity index (χ4v) is 8.30. The third-order valence-corrected chi connectivity index (χ3v) is 11.4. The fraction of sp³-hybridized carbons (Fsp3) is 0.385. The Kier molecular flexibility index (Phi) is 16.9.